The summed E-state index contributed by atoms with van der Waals surface area (Å²) in [5.41, 5.74) is 4.50. The summed E-state index contributed by atoms with van der Waals surface area (Å²) in [5.74, 6) is 0.237. The SMILES string of the molecule is Cc1cc(C[C@@H](OC(=O)N2CCC(N3CCc4ccccc4NC3=O)CC2)C(=O)N2CCN(c3ccc(C(=O)OCCN4CCCCC4)cn3)CC2)cc(C)c1O. The summed E-state index contributed by atoms with van der Waals surface area (Å²) in [5, 5.41) is 13.4. The van der Waals surface area contributed by atoms with E-state index in [1.807, 2.05) is 41.3 Å². The first-order valence-electron chi connectivity index (χ1n) is 20.4. The molecule has 3 saturated heterocycles. The average molecular weight is 782 g/mol. The maximum absolute atomic E-state index is 14.2. The van der Waals surface area contributed by atoms with Crippen LogP contribution in [0.4, 0.5) is 21.1 Å². The molecule has 0 aliphatic carbocycles. The Morgan fingerprint density at radius 1 is 0.877 bits per heavy atom. The summed E-state index contributed by atoms with van der Waals surface area (Å²) in [6.07, 6.45) is 5.67. The number of anilines is 2. The lowest BCUT2D eigenvalue weighted by Gasteiger charge is -2.39. The van der Waals surface area contributed by atoms with E-state index in [4.69, 9.17) is 9.47 Å². The monoisotopic (exact) mass is 781 g/mol. The van der Waals surface area contributed by atoms with Crippen LogP contribution >= 0.6 is 0 Å². The lowest BCUT2D eigenvalue weighted by molar-refractivity contribution is -0.141. The molecule has 0 spiro atoms. The van der Waals surface area contributed by atoms with Crippen LogP contribution in [0.2, 0.25) is 0 Å². The van der Waals surface area contributed by atoms with Gasteiger partial charge in [-0.2, -0.15) is 0 Å². The molecule has 3 fully saturated rings. The van der Waals surface area contributed by atoms with Crippen LogP contribution < -0.4 is 10.2 Å². The molecule has 3 aromatic rings. The van der Waals surface area contributed by atoms with Gasteiger partial charge in [-0.15, -0.1) is 0 Å². The number of likely N-dealkylation sites (tertiary alicyclic amines) is 2. The fourth-order valence-corrected chi connectivity index (χ4v) is 8.44. The maximum Gasteiger partial charge on any atom is 0.410 e. The van der Waals surface area contributed by atoms with Crippen molar-refractivity contribution in [2.75, 3.05) is 82.3 Å². The third-order valence-electron chi connectivity index (χ3n) is 11.8. The van der Waals surface area contributed by atoms with Gasteiger partial charge in [0.25, 0.3) is 5.91 Å². The van der Waals surface area contributed by atoms with Gasteiger partial charge in [-0.25, -0.2) is 19.4 Å². The van der Waals surface area contributed by atoms with Gasteiger partial charge in [0.05, 0.1) is 5.56 Å². The second-order valence-electron chi connectivity index (χ2n) is 15.7. The second-order valence-corrected chi connectivity index (χ2v) is 15.7. The Morgan fingerprint density at radius 3 is 2.30 bits per heavy atom. The van der Waals surface area contributed by atoms with E-state index < -0.39 is 12.2 Å². The van der Waals surface area contributed by atoms with Gasteiger partial charge in [0.15, 0.2) is 6.10 Å². The van der Waals surface area contributed by atoms with Crippen LogP contribution in [0.3, 0.4) is 0 Å². The smallest absolute Gasteiger partial charge is 0.410 e. The van der Waals surface area contributed by atoms with Crippen molar-refractivity contribution in [3.05, 3.63) is 82.5 Å². The average Bonchev–Trinajstić information content (AvgIpc) is 3.40. The number of esters is 1. The van der Waals surface area contributed by atoms with Gasteiger partial charge in [-0.3, -0.25) is 9.69 Å². The van der Waals surface area contributed by atoms with Crippen LogP contribution in [0.1, 0.15) is 64.7 Å². The summed E-state index contributed by atoms with van der Waals surface area (Å²) in [4.78, 5) is 67.8. The Hall–Kier alpha value is -5.37. The summed E-state index contributed by atoms with van der Waals surface area (Å²) in [6, 6.07) is 14.9. The number of piperazine rings is 1. The number of phenols is 1. The number of fused-ring (bicyclic) bond motifs is 1. The zero-order chi connectivity index (χ0) is 39.9. The highest BCUT2D eigenvalue weighted by atomic mass is 16.6. The fourth-order valence-electron chi connectivity index (χ4n) is 8.44. The number of aryl methyl sites for hydroxylation is 2. The zero-order valence-corrected chi connectivity index (χ0v) is 33.2. The minimum absolute atomic E-state index is 0.0196. The number of nitrogens with one attached hydrogen (secondary N) is 1. The number of phenolic OH excluding ortho intramolecular Hbond substituents is 1. The van der Waals surface area contributed by atoms with Crippen molar-refractivity contribution < 1.29 is 33.8 Å². The molecule has 0 bridgehead atoms. The van der Waals surface area contributed by atoms with E-state index >= 15 is 0 Å². The molecule has 7 rings (SSSR count). The molecule has 0 saturated carbocycles. The van der Waals surface area contributed by atoms with E-state index in [-0.39, 0.29) is 36.1 Å². The molecule has 14 heteroatoms. The predicted molar refractivity (Wildman–Crippen MR) is 216 cm³/mol. The summed E-state index contributed by atoms with van der Waals surface area (Å²) in [7, 11) is 0. The van der Waals surface area contributed by atoms with Crippen LogP contribution in [0.5, 0.6) is 5.75 Å². The van der Waals surface area contributed by atoms with Crippen molar-refractivity contribution in [2.24, 2.45) is 0 Å². The molecule has 304 valence electrons. The minimum atomic E-state index is -1.07. The molecule has 2 N–H and O–H groups in total. The van der Waals surface area contributed by atoms with E-state index in [1.165, 1.54) is 25.5 Å². The van der Waals surface area contributed by atoms with Gasteiger partial charge < -0.3 is 39.5 Å². The van der Waals surface area contributed by atoms with E-state index in [1.54, 1.807) is 35.8 Å². The number of hydrogen-bond acceptors (Lipinski definition) is 10. The summed E-state index contributed by atoms with van der Waals surface area (Å²) in [6.45, 7) is 10.0. The van der Waals surface area contributed by atoms with Crippen LogP contribution in [-0.4, -0.2) is 138 Å². The predicted octanol–water partition coefficient (Wildman–Crippen LogP) is 5.00. The number of benzene rings is 2. The molecule has 5 heterocycles. The molecule has 1 aromatic heterocycles. The molecule has 4 aliphatic rings. The number of rotatable bonds is 10. The topological polar surface area (TPSA) is 148 Å². The molecule has 1 atom stereocenters. The number of amides is 4. The van der Waals surface area contributed by atoms with Crippen molar-refractivity contribution in [1.29, 1.82) is 0 Å². The number of ether oxygens (including phenoxy) is 2. The first-order chi connectivity index (χ1) is 27.6. The number of aromatic nitrogens is 1. The lowest BCUT2D eigenvalue weighted by Crippen LogP contribution is -2.54. The van der Waals surface area contributed by atoms with Gasteiger partial charge in [0.1, 0.15) is 18.2 Å². The number of nitrogens with zero attached hydrogens (tertiary/aromatic N) is 6. The van der Waals surface area contributed by atoms with Crippen molar-refractivity contribution in [2.45, 2.75) is 70.9 Å². The number of carbonyl (C=O) groups is 4. The van der Waals surface area contributed by atoms with E-state index in [0.29, 0.717) is 87.8 Å². The van der Waals surface area contributed by atoms with Crippen LogP contribution in [0.15, 0.2) is 54.7 Å². The van der Waals surface area contributed by atoms with Crippen molar-refractivity contribution in [1.82, 2.24) is 24.6 Å². The number of urea groups is 1. The molecular weight excluding hydrogens is 727 g/mol. The highest BCUT2D eigenvalue weighted by molar-refractivity contribution is 5.91. The largest absolute Gasteiger partial charge is 0.507 e. The number of hydrogen-bond donors (Lipinski definition) is 2. The Kier molecular flexibility index (Phi) is 12.8. The molecule has 57 heavy (non-hydrogen) atoms. The molecule has 4 amide bonds. The minimum Gasteiger partial charge on any atom is -0.507 e. The number of pyridine rings is 1. The molecule has 0 radical (unpaired) electrons. The third kappa shape index (κ3) is 9.78. The fraction of sp³-hybridized carbons (Fsp3) is 0.512. The Bertz CT molecular complexity index is 1880. The quantitative estimate of drug-likeness (QED) is 0.270. The zero-order valence-electron chi connectivity index (χ0n) is 33.2. The van der Waals surface area contributed by atoms with Crippen molar-refractivity contribution in [3.8, 4) is 5.75 Å². The van der Waals surface area contributed by atoms with E-state index in [0.717, 1.165) is 42.9 Å². The third-order valence-corrected chi connectivity index (χ3v) is 11.8. The van der Waals surface area contributed by atoms with Crippen molar-refractivity contribution in [3.63, 3.8) is 0 Å². The lowest BCUT2D eigenvalue weighted by atomic mass is 10.0. The summed E-state index contributed by atoms with van der Waals surface area (Å²) >= 11 is 0. The molecule has 4 aliphatic heterocycles. The van der Waals surface area contributed by atoms with Gasteiger partial charge in [0.2, 0.25) is 0 Å². The first-order valence-corrected chi connectivity index (χ1v) is 20.4. The van der Waals surface area contributed by atoms with Crippen molar-refractivity contribution >= 4 is 35.5 Å². The van der Waals surface area contributed by atoms with Gasteiger partial charge in [-0.05, 0) is 99.5 Å². The van der Waals surface area contributed by atoms with Gasteiger partial charge in [-0.1, -0.05) is 36.8 Å². The molecule has 0 unspecified atom stereocenters. The normalized spacial score (nSPS) is 18.7. The standard InChI is InChI=1S/C43H55N7O7/c1-30-26-32(27-31(2)39(30)51)28-37(57-43(55)49-17-13-35(14-18-49)50-19-12-33-8-4-5-9-36(33)45-42(50)54)40(52)48-22-20-47(21-23-48)38-11-10-34(29-44-38)41(53)56-25-24-46-15-6-3-7-16-46/h4-5,8-11,26-27,29,35,37,51H,3,6-7,12-25,28H2,1-2H3,(H,45,54)/t37-/m1/s1. The second kappa shape index (κ2) is 18.3. The number of para-hydroxylation sites is 1. The number of carbonyl (C=O) groups excluding carboxylic acids is 4. The Morgan fingerprint density at radius 2 is 1.60 bits per heavy atom. The van der Waals surface area contributed by atoms with Crippen LogP contribution in [-0.2, 0) is 27.1 Å². The number of aromatic hydroxyl groups is 1. The van der Waals surface area contributed by atoms with Gasteiger partial charge >= 0.3 is 18.1 Å². The van der Waals surface area contributed by atoms with Gasteiger partial charge in [0, 0.05) is 76.7 Å². The van der Waals surface area contributed by atoms with Crippen LogP contribution in [0.25, 0.3) is 0 Å². The highest BCUT2D eigenvalue weighted by Gasteiger charge is 2.35. The van der Waals surface area contributed by atoms with E-state index in [9.17, 15) is 24.3 Å². The molecular formula is C43H55N7O7. The summed E-state index contributed by atoms with van der Waals surface area (Å²) < 4.78 is 11.6. The number of piperidine rings is 2. The molecule has 14 nitrogen and oxygen atoms in total. The molecule has 2 aromatic carbocycles. The first kappa shape index (κ1) is 39.8. The van der Waals surface area contributed by atoms with Crippen LogP contribution in [0, 0.1) is 13.8 Å². The van der Waals surface area contributed by atoms with E-state index in [2.05, 4.69) is 20.1 Å². The maximum atomic E-state index is 14.2. The highest BCUT2D eigenvalue weighted by Crippen LogP contribution is 2.27. The Labute approximate surface area is 334 Å². The Balaban J connectivity index is 0.939.